The van der Waals surface area contributed by atoms with E-state index in [1.165, 1.54) is 45.2 Å². The van der Waals surface area contributed by atoms with E-state index in [1.54, 1.807) is 0 Å². The lowest BCUT2D eigenvalue weighted by atomic mass is 9.83. The van der Waals surface area contributed by atoms with E-state index in [0.717, 1.165) is 28.8 Å². The van der Waals surface area contributed by atoms with Crippen molar-refractivity contribution in [3.05, 3.63) is 66.4 Å². The molecule has 2 aliphatic rings. The average molecular weight is 432 g/mol. The van der Waals surface area contributed by atoms with E-state index in [0.29, 0.717) is 25.1 Å². The zero-order valence-corrected chi connectivity index (χ0v) is 18.7. The van der Waals surface area contributed by atoms with Gasteiger partial charge in [-0.05, 0) is 73.8 Å². The van der Waals surface area contributed by atoms with Gasteiger partial charge in [-0.25, -0.2) is 0 Å². The van der Waals surface area contributed by atoms with Crippen LogP contribution >= 0.6 is 0 Å². The quantitative estimate of drug-likeness (QED) is 0.595. The van der Waals surface area contributed by atoms with Gasteiger partial charge < -0.3 is 19.5 Å². The lowest BCUT2D eigenvalue weighted by Crippen LogP contribution is -2.51. The fourth-order valence-electron chi connectivity index (χ4n) is 5.40. The number of aromatic nitrogens is 1. The number of rotatable bonds is 7. The maximum absolute atomic E-state index is 12.8. The Morgan fingerprint density at radius 3 is 2.78 bits per heavy atom. The predicted molar refractivity (Wildman–Crippen MR) is 128 cm³/mol. The first-order chi connectivity index (χ1) is 15.8. The summed E-state index contributed by atoms with van der Waals surface area (Å²) in [6, 6.07) is 19.0. The molecule has 0 spiro atoms. The Labute approximate surface area is 190 Å². The maximum Gasteiger partial charge on any atom is 0.239 e. The van der Waals surface area contributed by atoms with Crippen LogP contribution in [0.1, 0.15) is 37.7 Å². The number of amides is 1. The van der Waals surface area contributed by atoms with Crippen molar-refractivity contribution in [3.63, 3.8) is 0 Å². The molecule has 0 aliphatic carbocycles. The highest BCUT2D eigenvalue weighted by Gasteiger charge is 2.32. The Morgan fingerprint density at radius 1 is 1.00 bits per heavy atom. The van der Waals surface area contributed by atoms with Crippen LogP contribution < -0.4 is 10.1 Å². The Kier molecular flexibility index (Phi) is 6.44. The van der Waals surface area contributed by atoms with Crippen LogP contribution in [0.15, 0.2) is 60.8 Å². The van der Waals surface area contributed by atoms with Crippen LogP contribution in [-0.4, -0.2) is 41.1 Å². The molecule has 1 amide bonds. The van der Waals surface area contributed by atoms with Crippen LogP contribution in [-0.2, 0) is 17.9 Å². The third-order valence-electron chi connectivity index (χ3n) is 7.10. The van der Waals surface area contributed by atoms with Gasteiger partial charge in [0.05, 0.1) is 5.52 Å². The number of hydrogen-bond donors (Lipinski definition) is 1. The zero-order valence-electron chi connectivity index (χ0n) is 18.7. The molecular weight excluding hydrogens is 398 g/mol. The Hall–Kier alpha value is -2.79. The van der Waals surface area contributed by atoms with Crippen molar-refractivity contribution in [2.75, 3.05) is 19.6 Å². The lowest BCUT2D eigenvalue weighted by molar-refractivity contribution is -0.122. The molecule has 0 bridgehead atoms. The number of carbonyl (C=O) groups excluding carboxylic acids is 1. The molecule has 3 aromatic rings. The van der Waals surface area contributed by atoms with Crippen LogP contribution in [0.5, 0.6) is 5.75 Å². The van der Waals surface area contributed by atoms with Crippen molar-refractivity contribution in [1.82, 2.24) is 14.8 Å². The van der Waals surface area contributed by atoms with Gasteiger partial charge in [0.25, 0.3) is 0 Å². The first kappa shape index (κ1) is 21.1. The van der Waals surface area contributed by atoms with Crippen molar-refractivity contribution < 1.29 is 9.53 Å². The molecule has 2 atom stereocenters. The molecule has 0 unspecified atom stereocenters. The summed E-state index contributed by atoms with van der Waals surface area (Å²) in [7, 11) is 0. The summed E-state index contributed by atoms with van der Waals surface area (Å²) in [4.78, 5) is 15.4. The number of fused-ring (bicyclic) bond motifs is 2. The number of piperidine rings is 2. The third-order valence-corrected chi connectivity index (χ3v) is 7.10. The molecule has 2 fully saturated rings. The van der Waals surface area contributed by atoms with Crippen LogP contribution in [0.2, 0.25) is 0 Å². The van der Waals surface area contributed by atoms with E-state index < -0.39 is 0 Å². The lowest BCUT2D eigenvalue weighted by Gasteiger charge is -2.44. The van der Waals surface area contributed by atoms with Gasteiger partial charge in [0, 0.05) is 24.8 Å². The second-order valence-electron chi connectivity index (χ2n) is 9.24. The minimum Gasteiger partial charge on any atom is -0.489 e. The second kappa shape index (κ2) is 9.78. The highest BCUT2D eigenvalue weighted by Crippen LogP contribution is 2.30. The number of benzene rings is 2. The molecule has 3 heterocycles. The van der Waals surface area contributed by atoms with Crippen molar-refractivity contribution in [1.29, 1.82) is 0 Å². The molecule has 2 aliphatic heterocycles. The summed E-state index contributed by atoms with van der Waals surface area (Å²) in [5.74, 6) is 1.50. The molecule has 32 heavy (non-hydrogen) atoms. The summed E-state index contributed by atoms with van der Waals surface area (Å²) in [5.41, 5.74) is 2.17. The molecule has 5 heteroatoms. The Morgan fingerprint density at radius 2 is 1.88 bits per heavy atom. The number of ether oxygens (including phenoxy) is 1. The minimum atomic E-state index is 0.0889. The summed E-state index contributed by atoms with van der Waals surface area (Å²) in [6.45, 7) is 4.14. The van der Waals surface area contributed by atoms with Crippen molar-refractivity contribution in [3.8, 4) is 5.75 Å². The average Bonchev–Trinajstić information content (AvgIpc) is 3.24. The molecular formula is C27H33N3O2. The SMILES string of the molecule is O=C(Cn1ccc2ccc(OCc3ccccc3)cc21)NC[C@H]1CCCN2CCCC[C@H]12. The van der Waals surface area contributed by atoms with E-state index in [9.17, 15) is 4.79 Å². The highest BCUT2D eigenvalue weighted by atomic mass is 16.5. The molecule has 1 aromatic heterocycles. The largest absolute Gasteiger partial charge is 0.489 e. The molecule has 5 nitrogen and oxygen atoms in total. The Bertz CT molecular complexity index is 1040. The van der Waals surface area contributed by atoms with Crippen molar-refractivity contribution in [2.24, 2.45) is 5.92 Å². The topological polar surface area (TPSA) is 46.5 Å². The van der Waals surface area contributed by atoms with E-state index in [-0.39, 0.29) is 5.91 Å². The predicted octanol–water partition coefficient (Wildman–Crippen LogP) is 4.60. The molecule has 2 saturated heterocycles. The monoisotopic (exact) mass is 431 g/mol. The van der Waals surface area contributed by atoms with Gasteiger partial charge >= 0.3 is 0 Å². The highest BCUT2D eigenvalue weighted by molar-refractivity contribution is 5.84. The van der Waals surface area contributed by atoms with Gasteiger partial charge in [-0.2, -0.15) is 0 Å². The molecule has 2 aromatic carbocycles. The van der Waals surface area contributed by atoms with Gasteiger partial charge in [0.1, 0.15) is 18.9 Å². The van der Waals surface area contributed by atoms with Gasteiger partial charge in [0.2, 0.25) is 5.91 Å². The van der Waals surface area contributed by atoms with Gasteiger partial charge in [-0.15, -0.1) is 0 Å². The number of carbonyl (C=O) groups is 1. The molecule has 0 saturated carbocycles. The standard InChI is InChI=1S/C27H33N3O2/c31-27(28-18-23-9-6-15-29-14-5-4-10-25(23)29)19-30-16-13-22-11-12-24(17-26(22)30)32-20-21-7-2-1-3-8-21/h1-3,7-8,11-13,16-17,23,25H,4-6,9-10,14-15,18-20H2,(H,28,31)/t23-,25-/m1/s1. The number of nitrogens with one attached hydrogen (secondary N) is 1. The summed E-state index contributed by atoms with van der Waals surface area (Å²) in [5, 5.41) is 4.35. The van der Waals surface area contributed by atoms with Crippen LogP contribution in [0.25, 0.3) is 10.9 Å². The smallest absolute Gasteiger partial charge is 0.239 e. The fraction of sp³-hybridized carbons (Fsp3) is 0.444. The van der Waals surface area contributed by atoms with Crippen LogP contribution in [0.4, 0.5) is 0 Å². The van der Waals surface area contributed by atoms with E-state index in [1.807, 2.05) is 41.1 Å². The second-order valence-corrected chi connectivity index (χ2v) is 9.24. The number of hydrogen-bond acceptors (Lipinski definition) is 3. The minimum absolute atomic E-state index is 0.0889. The third kappa shape index (κ3) is 4.83. The van der Waals surface area contributed by atoms with Crippen molar-refractivity contribution >= 4 is 16.8 Å². The van der Waals surface area contributed by atoms with Crippen molar-refractivity contribution in [2.45, 2.75) is 51.3 Å². The van der Waals surface area contributed by atoms with E-state index in [2.05, 4.69) is 34.5 Å². The van der Waals surface area contributed by atoms with E-state index >= 15 is 0 Å². The summed E-state index contributed by atoms with van der Waals surface area (Å²) in [6.07, 6.45) is 8.42. The molecule has 0 radical (unpaired) electrons. The zero-order chi connectivity index (χ0) is 21.8. The summed E-state index contributed by atoms with van der Waals surface area (Å²) < 4.78 is 8.01. The first-order valence-electron chi connectivity index (χ1n) is 12.0. The molecule has 5 rings (SSSR count). The molecule has 168 valence electrons. The number of nitrogens with zero attached hydrogens (tertiary/aromatic N) is 2. The normalized spacial score (nSPS) is 21.2. The summed E-state index contributed by atoms with van der Waals surface area (Å²) >= 11 is 0. The van der Waals surface area contributed by atoms with Crippen LogP contribution in [0.3, 0.4) is 0 Å². The maximum atomic E-state index is 12.8. The van der Waals surface area contributed by atoms with E-state index in [4.69, 9.17) is 4.74 Å². The Balaban J connectivity index is 1.19. The van der Waals surface area contributed by atoms with Gasteiger partial charge in [-0.3, -0.25) is 4.79 Å². The molecule has 1 N–H and O–H groups in total. The fourth-order valence-corrected chi connectivity index (χ4v) is 5.40. The van der Waals surface area contributed by atoms with Crippen LogP contribution in [0, 0.1) is 5.92 Å². The first-order valence-corrected chi connectivity index (χ1v) is 12.0. The van der Waals surface area contributed by atoms with Gasteiger partial charge in [-0.1, -0.05) is 36.8 Å². The van der Waals surface area contributed by atoms with Gasteiger partial charge in [0.15, 0.2) is 0 Å².